The molecule has 44 heavy (non-hydrogen) atoms. The molecule has 0 N–H and O–H groups in total. The fourth-order valence-electron chi connectivity index (χ4n) is 7.65. The topological polar surface area (TPSA) is 0 Å². The Hall–Kier alpha value is -2.83. The first-order chi connectivity index (χ1) is 21.2. The average molecular weight is 619 g/mol. The Morgan fingerprint density at radius 1 is 0.591 bits per heavy atom. The lowest BCUT2D eigenvalue weighted by Crippen LogP contribution is -2.25. The van der Waals surface area contributed by atoms with Crippen molar-refractivity contribution in [2.75, 3.05) is 0 Å². The van der Waals surface area contributed by atoms with Gasteiger partial charge in [0.2, 0.25) is 0 Å². The second-order valence-electron chi connectivity index (χ2n) is 13.0. The highest BCUT2D eigenvalue weighted by Crippen LogP contribution is 2.45. The molecule has 0 nitrogen and oxygen atoms in total. The lowest BCUT2D eigenvalue weighted by molar-refractivity contribution is 0.155. The van der Waals surface area contributed by atoms with Crippen LogP contribution in [0.1, 0.15) is 107 Å². The highest BCUT2D eigenvalue weighted by Gasteiger charge is 2.32. The largest absolute Gasteiger partial charge is 0.207 e. The molecule has 0 atom stereocenters. The van der Waals surface area contributed by atoms with Gasteiger partial charge in [-0.1, -0.05) is 57.6 Å². The molecular formula is C37H41F7. The van der Waals surface area contributed by atoms with Gasteiger partial charge in [0.25, 0.3) is 0 Å². The maximum atomic E-state index is 15.4. The molecule has 0 amide bonds. The highest BCUT2D eigenvalue weighted by molar-refractivity contribution is 5.65. The number of benzene rings is 3. The second kappa shape index (κ2) is 14.5. The number of unbranched alkanes of at least 4 members (excludes halogenated alkanes) is 2. The average Bonchev–Trinajstić information content (AvgIpc) is 3.01. The summed E-state index contributed by atoms with van der Waals surface area (Å²) in [5, 5.41) is 0. The molecule has 3 aromatic rings. The summed E-state index contributed by atoms with van der Waals surface area (Å²) in [6, 6.07) is 6.35. The summed E-state index contributed by atoms with van der Waals surface area (Å²) in [6.07, 6.45) is 13.6. The van der Waals surface area contributed by atoms with Gasteiger partial charge in [-0.15, -0.1) is 0 Å². The summed E-state index contributed by atoms with van der Waals surface area (Å²) in [5.41, 5.74) is -0.381. The molecule has 2 aliphatic carbocycles. The van der Waals surface area contributed by atoms with E-state index in [1.165, 1.54) is 57.4 Å². The summed E-state index contributed by atoms with van der Waals surface area (Å²) in [6.45, 7) is 2.24. The van der Waals surface area contributed by atoms with Crippen LogP contribution < -0.4 is 0 Å². The zero-order valence-corrected chi connectivity index (χ0v) is 25.3. The molecule has 0 aliphatic heterocycles. The van der Waals surface area contributed by atoms with E-state index in [1.807, 2.05) is 0 Å². The van der Waals surface area contributed by atoms with Crippen LogP contribution in [0.2, 0.25) is 0 Å². The molecule has 0 heterocycles. The number of halogens is 7. The van der Waals surface area contributed by atoms with E-state index in [9.17, 15) is 22.0 Å². The SMILES string of the molecule is CCCCCC1CCC(C2CCC(c3ccc(-c4cc(F)c(CCc5cc(F)c(F)c(F)c5)c(F)c4)c(F)c3F)CC2)CC1. The standard InChI is InChI=1S/C37H41F7/c1-2-3-4-5-22-6-9-24(10-7-22)25-11-13-26(14-12-25)28-16-17-29(36(43)35(28)42)27-20-31(38)30(32(39)21-27)15-8-23-18-33(40)37(44)34(41)19-23/h16-22,24-26H,2-15H2,1H3. The van der Waals surface area contributed by atoms with Crippen LogP contribution in [0.25, 0.3) is 11.1 Å². The third kappa shape index (κ3) is 7.34. The molecule has 0 aromatic heterocycles. The van der Waals surface area contributed by atoms with Gasteiger partial charge in [-0.25, -0.2) is 30.7 Å². The van der Waals surface area contributed by atoms with Crippen molar-refractivity contribution >= 4 is 0 Å². The van der Waals surface area contributed by atoms with Crippen LogP contribution in [-0.4, -0.2) is 0 Å². The van der Waals surface area contributed by atoms with Gasteiger partial charge in [0.1, 0.15) is 11.6 Å². The fourth-order valence-corrected chi connectivity index (χ4v) is 7.65. The molecule has 238 valence electrons. The Labute approximate surface area is 256 Å². The Morgan fingerprint density at radius 3 is 1.77 bits per heavy atom. The maximum Gasteiger partial charge on any atom is 0.194 e. The zero-order chi connectivity index (χ0) is 31.4. The van der Waals surface area contributed by atoms with Crippen LogP contribution in [0.3, 0.4) is 0 Å². The predicted molar refractivity (Wildman–Crippen MR) is 160 cm³/mol. The van der Waals surface area contributed by atoms with Gasteiger partial charge >= 0.3 is 0 Å². The second-order valence-corrected chi connectivity index (χ2v) is 13.0. The normalized spacial score (nSPS) is 22.4. The van der Waals surface area contributed by atoms with Gasteiger partial charge in [-0.05, 0) is 116 Å². The summed E-state index contributed by atoms with van der Waals surface area (Å²) in [4.78, 5) is 0. The minimum absolute atomic E-state index is 0.0344. The molecule has 2 aliphatic rings. The molecule has 0 unspecified atom stereocenters. The van der Waals surface area contributed by atoms with Gasteiger partial charge in [-0.2, -0.15) is 0 Å². The molecule has 0 radical (unpaired) electrons. The van der Waals surface area contributed by atoms with E-state index < -0.39 is 40.7 Å². The summed E-state index contributed by atoms with van der Waals surface area (Å²) in [7, 11) is 0. The van der Waals surface area contributed by atoms with Crippen molar-refractivity contribution in [3.8, 4) is 11.1 Å². The molecule has 5 rings (SSSR count). The highest BCUT2D eigenvalue weighted by atomic mass is 19.2. The van der Waals surface area contributed by atoms with Crippen LogP contribution >= 0.6 is 0 Å². The van der Waals surface area contributed by atoms with Crippen LogP contribution in [0.4, 0.5) is 30.7 Å². The summed E-state index contributed by atoms with van der Waals surface area (Å²) >= 11 is 0. The van der Waals surface area contributed by atoms with Crippen molar-refractivity contribution in [3.05, 3.63) is 93.8 Å². The summed E-state index contributed by atoms with van der Waals surface area (Å²) in [5.74, 6) is -6.32. The van der Waals surface area contributed by atoms with Gasteiger partial charge in [-0.3, -0.25) is 0 Å². The van der Waals surface area contributed by atoms with Crippen molar-refractivity contribution in [1.29, 1.82) is 0 Å². The van der Waals surface area contributed by atoms with Gasteiger partial charge < -0.3 is 0 Å². The lowest BCUT2D eigenvalue weighted by atomic mass is 9.68. The van der Waals surface area contributed by atoms with Crippen LogP contribution in [0, 0.1) is 58.5 Å². The molecule has 7 heteroatoms. The first-order valence-corrected chi connectivity index (χ1v) is 16.3. The molecule has 3 aromatic carbocycles. The van der Waals surface area contributed by atoms with E-state index in [2.05, 4.69) is 6.92 Å². The minimum atomic E-state index is -1.62. The number of hydrogen-bond acceptors (Lipinski definition) is 0. The van der Waals surface area contributed by atoms with Crippen molar-refractivity contribution < 1.29 is 30.7 Å². The smallest absolute Gasteiger partial charge is 0.194 e. The Bertz CT molecular complexity index is 1390. The van der Waals surface area contributed by atoms with E-state index in [0.717, 1.165) is 61.8 Å². The summed E-state index contributed by atoms with van der Waals surface area (Å²) < 4.78 is 101. The zero-order valence-electron chi connectivity index (χ0n) is 25.3. The van der Waals surface area contributed by atoms with Gasteiger partial charge in [0.05, 0.1) is 0 Å². The maximum absolute atomic E-state index is 15.4. The molecule has 0 saturated heterocycles. The number of rotatable bonds is 10. The van der Waals surface area contributed by atoms with Gasteiger partial charge in [0, 0.05) is 11.1 Å². The van der Waals surface area contributed by atoms with Crippen LogP contribution in [0.5, 0.6) is 0 Å². The third-order valence-electron chi connectivity index (χ3n) is 10.3. The molecule has 2 fully saturated rings. The fraction of sp³-hybridized carbons (Fsp3) is 0.514. The Kier molecular flexibility index (Phi) is 10.7. The van der Waals surface area contributed by atoms with E-state index >= 15 is 8.78 Å². The van der Waals surface area contributed by atoms with E-state index in [-0.39, 0.29) is 41.0 Å². The van der Waals surface area contributed by atoms with Crippen molar-refractivity contribution in [1.82, 2.24) is 0 Å². The minimum Gasteiger partial charge on any atom is -0.207 e. The Balaban J connectivity index is 1.21. The first-order valence-electron chi connectivity index (χ1n) is 16.3. The van der Waals surface area contributed by atoms with Gasteiger partial charge in [0.15, 0.2) is 29.1 Å². The van der Waals surface area contributed by atoms with Crippen molar-refractivity contribution in [3.63, 3.8) is 0 Å². The van der Waals surface area contributed by atoms with E-state index in [4.69, 9.17) is 0 Å². The Morgan fingerprint density at radius 2 is 1.18 bits per heavy atom. The van der Waals surface area contributed by atoms with E-state index in [0.29, 0.717) is 11.5 Å². The molecule has 0 bridgehead atoms. The third-order valence-corrected chi connectivity index (χ3v) is 10.3. The monoisotopic (exact) mass is 618 g/mol. The van der Waals surface area contributed by atoms with Crippen molar-refractivity contribution in [2.45, 2.75) is 103 Å². The molecule has 0 spiro atoms. The van der Waals surface area contributed by atoms with E-state index in [1.54, 1.807) is 6.07 Å². The van der Waals surface area contributed by atoms with Crippen LogP contribution in [-0.2, 0) is 12.8 Å². The number of hydrogen-bond donors (Lipinski definition) is 0. The quantitative estimate of drug-likeness (QED) is 0.120. The lowest BCUT2D eigenvalue weighted by Gasteiger charge is -2.38. The first kappa shape index (κ1) is 32.6. The molecule has 2 saturated carbocycles. The van der Waals surface area contributed by atoms with Crippen LogP contribution in [0.15, 0.2) is 36.4 Å². The predicted octanol–water partition coefficient (Wildman–Crippen LogP) is 11.8. The number of aryl methyl sites for hydroxylation is 1. The molecular weight excluding hydrogens is 577 g/mol. The van der Waals surface area contributed by atoms with Crippen molar-refractivity contribution in [2.24, 2.45) is 17.8 Å².